The molecule has 1 aliphatic rings. The van der Waals surface area contributed by atoms with Gasteiger partial charge in [0.05, 0.1) is 0 Å². The Labute approximate surface area is 113 Å². The van der Waals surface area contributed by atoms with Crippen LogP contribution in [-0.2, 0) is 4.79 Å². The summed E-state index contributed by atoms with van der Waals surface area (Å²) in [6, 6.07) is 7.07. The number of rotatable bonds is 6. The monoisotopic (exact) mass is 260 g/mol. The Bertz CT molecular complexity index is 469. The van der Waals surface area contributed by atoms with Crippen LogP contribution in [0.25, 0.3) is 0 Å². The summed E-state index contributed by atoms with van der Waals surface area (Å²) >= 11 is 0. The molecular formula is C15H20N2O2. The molecule has 1 aliphatic carbocycles. The minimum Gasteiger partial charge on any atom is -0.484 e. The molecule has 3 N–H and O–H groups in total. The average Bonchev–Trinajstić information content (AvgIpc) is 2.90. The van der Waals surface area contributed by atoms with Crippen LogP contribution < -0.4 is 15.8 Å². The second-order valence-corrected chi connectivity index (χ2v) is 4.72. The molecule has 0 heterocycles. The van der Waals surface area contributed by atoms with Crippen LogP contribution in [0.15, 0.2) is 35.9 Å². The van der Waals surface area contributed by atoms with Gasteiger partial charge in [0.1, 0.15) is 5.75 Å². The Morgan fingerprint density at radius 3 is 3.05 bits per heavy atom. The fraction of sp³-hybridized carbons (Fsp3) is 0.400. The van der Waals surface area contributed by atoms with Gasteiger partial charge >= 0.3 is 0 Å². The van der Waals surface area contributed by atoms with Crippen LogP contribution in [0.5, 0.6) is 5.75 Å². The Morgan fingerprint density at radius 2 is 2.32 bits per heavy atom. The maximum absolute atomic E-state index is 11.6. The molecule has 0 aliphatic heterocycles. The summed E-state index contributed by atoms with van der Waals surface area (Å²) in [5.41, 5.74) is 7.71. The van der Waals surface area contributed by atoms with Gasteiger partial charge in [-0.1, -0.05) is 17.7 Å². The molecule has 1 aromatic carbocycles. The van der Waals surface area contributed by atoms with Gasteiger partial charge in [0.15, 0.2) is 6.61 Å². The number of hydrogen-bond acceptors (Lipinski definition) is 3. The van der Waals surface area contributed by atoms with Crippen molar-refractivity contribution in [3.63, 3.8) is 0 Å². The molecule has 0 saturated carbocycles. The number of anilines is 1. The van der Waals surface area contributed by atoms with Crippen LogP contribution in [0, 0.1) is 0 Å². The number of carbonyl (C=O) groups excluding carboxylic acids is 1. The van der Waals surface area contributed by atoms with Gasteiger partial charge in [0.2, 0.25) is 0 Å². The molecule has 0 radical (unpaired) electrons. The van der Waals surface area contributed by atoms with Crippen LogP contribution in [0.3, 0.4) is 0 Å². The molecule has 4 heteroatoms. The average molecular weight is 260 g/mol. The van der Waals surface area contributed by atoms with Crippen LogP contribution in [0.1, 0.15) is 25.7 Å². The van der Waals surface area contributed by atoms with E-state index in [-0.39, 0.29) is 12.5 Å². The number of hydrogen-bond donors (Lipinski definition) is 2. The molecule has 2 rings (SSSR count). The van der Waals surface area contributed by atoms with Gasteiger partial charge in [-0.05, 0) is 37.8 Å². The van der Waals surface area contributed by atoms with Crippen molar-refractivity contribution < 1.29 is 9.53 Å². The van der Waals surface area contributed by atoms with Gasteiger partial charge in [-0.2, -0.15) is 0 Å². The largest absolute Gasteiger partial charge is 0.484 e. The van der Waals surface area contributed by atoms with Gasteiger partial charge in [-0.3, -0.25) is 4.79 Å². The minimum atomic E-state index is -0.0963. The highest BCUT2D eigenvalue weighted by molar-refractivity contribution is 5.77. The van der Waals surface area contributed by atoms with E-state index in [0.717, 1.165) is 6.42 Å². The lowest BCUT2D eigenvalue weighted by Gasteiger charge is -2.08. The molecule has 0 atom stereocenters. The summed E-state index contributed by atoms with van der Waals surface area (Å²) in [7, 11) is 0. The van der Waals surface area contributed by atoms with E-state index in [0.29, 0.717) is 18.0 Å². The molecule has 1 aromatic rings. The quantitative estimate of drug-likeness (QED) is 0.609. The molecule has 0 fully saturated rings. The van der Waals surface area contributed by atoms with Crippen molar-refractivity contribution in [3.05, 3.63) is 35.9 Å². The van der Waals surface area contributed by atoms with Crippen LogP contribution >= 0.6 is 0 Å². The number of nitrogens with two attached hydrogens (primary N) is 1. The zero-order valence-corrected chi connectivity index (χ0v) is 11.0. The third-order valence-corrected chi connectivity index (χ3v) is 3.13. The zero-order chi connectivity index (χ0) is 13.5. The molecular weight excluding hydrogens is 240 g/mol. The van der Waals surface area contributed by atoms with Crippen molar-refractivity contribution in [2.45, 2.75) is 25.7 Å². The Morgan fingerprint density at radius 1 is 1.42 bits per heavy atom. The number of benzene rings is 1. The first-order chi connectivity index (χ1) is 9.24. The van der Waals surface area contributed by atoms with Crippen LogP contribution in [-0.4, -0.2) is 19.1 Å². The molecule has 102 valence electrons. The van der Waals surface area contributed by atoms with E-state index in [9.17, 15) is 4.79 Å². The maximum Gasteiger partial charge on any atom is 0.257 e. The molecule has 1 amide bonds. The fourth-order valence-corrected chi connectivity index (χ4v) is 2.13. The number of nitrogens with one attached hydrogen (secondary N) is 1. The normalized spacial score (nSPS) is 14.0. The Hall–Kier alpha value is -1.97. The van der Waals surface area contributed by atoms with E-state index in [2.05, 4.69) is 11.4 Å². The first-order valence-corrected chi connectivity index (χ1v) is 6.67. The number of amides is 1. The lowest BCUT2D eigenvalue weighted by Crippen LogP contribution is -2.29. The first-order valence-electron chi connectivity index (χ1n) is 6.67. The third-order valence-electron chi connectivity index (χ3n) is 3.13. The molecule has 19 heavy (non-hydrogen) atoms. The predicted octanol–water partition coefficient (Wildman–Crippen LogP) is 2.26. The van der Waals surface area contributed by atoms with Gasteiger partial charge < -0.3 is 15.8 Å². The SMILES string of the molecule is Nc1cccc(OCC(=O)NCCC2=CCCC2)c1. The van der Waals surface area contributed by atoms with Gasteiger partial charge in [0.25, 0.3) is 5.91 Å². The van der Waals surface area contributed by atoms with Crippen molar-refractivity contribution in [1.29, 1.82) is 0 Å². The zero-order valence-electron chi connectivity index (χ0n) is 11.0. The van der Waals surface area contributed by atoms with Gasteiger partial charge in [-0.15, -0.1) is 0 Å². The lowest BCUT2D eigenvalue weighted by atomic mass is 10.2. The van der Waals surface area contributed by atoms with E-state index in [1.165, 1.54) is 24.8 Å². The van der Waals surface area contributed by atoms with E-state index in [1.807, 2.05) is 0 Å². The number of nitrogen functional groups attached to an aromatic ring is 1. The maximum atomic E-state index is 11.6. The molecule has 0 bridgehead atoms. The lowest BCUT2D eigenvalue weighted by molar-refractivity contribution is -0.123. The number of carbonyl (C=O) groups is 1. The topological polar surface area (TPSA) is 64.3 Å². The summed E-state index contributed by atoms with van der Waals surface area (Å²) in [5.74, 6) is 0.523. The highest BCUT2D eigenvalue weighted by Gasteiger charge is 2.06. The fourth-order valence-electron chi connectivity index (χ4n) is 2.13. The standard InChI is InChI=1S/C15H20N2O2/c16-13-6-3-7-14(10-13)19-11-15(18)17-9-8-12-4-1-2-5-12/h3-4,6-7,10H,1-2,5,8-9,11,16H2,(H,17,18). The van der Waals surface area contributed by atoms with Crippen molar-refractivity contribution in [1.82, 2.24) is 5.32 Å². The summed E-state index contributed by atoms with van der Waals surface area (Å²) < 4.78 is 5.36. The predicted molar refractivity (Wildman–Crippen MR) is 75.9 cm³/mol. The summed E-state index contributed by atoms with van der Waals surface area (Å²) in [6.45, 7) is 0.716. The van der Waals surface area contributed by atoms with Crippen molar-refractivity contribution in [2.75, 3.05) is 18.9 Å². The first kappa shape index (κ1) is 13.5. The van der Waals surface area contributed by atoms with E-state index < -0.39 is 0 Å². The molecule has 0 aromatic heterocycles. The Balaban J connectivity index is 1.64. The van der Waals surface area contributed by atoms with Crippen LogP contribution in [0.4, 0.5) is 5.69 Å². The minimum absolute atomic E-state index is 0.0303. The molecule has 0 saturated heterocycles. The van der Waals surface area contributed by atoms with Crippen molar-refractivity contribution in [3.8, 4) is 5.75 Å². The number of allylic oxidation sites excluding steroid dienone is 1. The molecule has 0 spiro atoms. The van der Waals surface area contributed by atoms with Gasteiger partial charge in [0, 0.05) is 18.3 Å². The highest BCUT2D eigenvalue weighted by Crippen LogP contribution is 2.19. The molecule has 0 unspecified atom stereocenters. The number of ether oxygens (including phenoxy) is 1. The van der Waals surface area contributed by atoms with Crippen LogP contribution in [0.2, 0.25) is 0 Å². The summed E-state index contributed by atoms with van der Waals surface area (Å²) in [4.78, 5) is 11.6. The van der Waals surface area contributed by atoms with Gasteiger partial charge in [-0.25, -0.2) is 0 Å². The molecule has 4 nitrogen and oxygen atoms in total. The highest BCUT2D eigenvalue weighted by atomic mass is 16.5. The summed E-state index contributed by atoms with van der Waals surface area (Å²) in [5, 5.41) is 2.86. The second-order valence-electron chi connectivity index (χ2n) is 4.72. The van der Waals surface area contributed by atoms with E-state index >= 15 is 0 Å². The third kappa shape index (κ3) is 4.66. The van der Waals surface area contributed by atoms with E-state index in [1.54, 1.807) is 24.3 Å². The second kappa shape index (κ2) is 6.83. The van der Waals surface area contributed by atoms with Crippen molar-refractivity contribution >= 4 is 11.6 Å². The smallest absolute Gasteiger partial charge is 0.257 e. The summed E-state index contributed by atoms with van der Waals surface area (Å²) in [6.07, 6.45) is 6.83. The Kier molecular flexibility index (Phi) is 4.84. The van der Waals surface area contributed by atoms with Crippen molar-refractivity contribution in [2.24, 2.45) is 0 Å². The van der Waals surface area contributed by atoms with E-state index in [4.69, 9.17) is 10.5 Å².